The summed E-state index contributed by atoms with van der Waals surface area (Å²) >= 11 is 0. The van der Waals surface area contributed by atoms with Gasteiger partial charge in [-0.05, 0) is 46.1 Å². The van der Waals surface area contributed by atoms with E-state index in [0.717, 1.165) is 19.3 Å². The Bertz CT molecular complexity index is 290. The van der Waals surface area contributed by atoms with Gasteiger partial charge in [-0.15, -0.1) is 0 Å². The molecule has 0 aromatic heterocycles. The summed E-state index contributed by atoms with van der Waals surface area (Å²) < 4.78 is 28.6. The molecule has 0 aliphatic rings. The first-order chi connectivity index (χ1) is 7.70. The lowest BCUT2D eigenvalue weighted by Crippen LogP contribution is -2.48. The van der Waals surface area contributed by atoms with Gasteiger partial charge in [-0.2, -0.15) is 13.1 Å². The van der Waals surface area contributed by atoms with Gasteiger partial charge in [0.1, 0.15) is 0 Å². The molecule has 4 N–H and O–H groups in total. The van der Waals surface area contributed by atoms with Gasteiger partial charge in [0.15, 0.2) is 0 Å². The van der Waals surface area contributed by atoms with Crippen LogP contribution in [-0.2, 0) is 10.2 Å². The van der Waals surface area contributed by atoms with Crippen molar-refractivity contribution in [2.24, 2.45) is 11.7 Å². The Hall–Kier alpha value is -0.170. The summed E-state index contributed by atoms with van der Waals surface area (Å²) in [5.74, 6) is 0.321. The Morgan fingerprint density at radius 3 is 2.24 bits per heavy atom. The molecule has 17 heavy (non-hydrogen) atoms. The molecule has 0 rings (SSSR count). The summed E-state index contributed by atoms with van der Waals surface area (Å²) in [6.07, 6.45) is 2.89. The van der Waals surface area contributed by atoms with Gasteiger partial charge in [0.05, 0.1) is 0 Å². The minimum atomic E-state index is -3.41. The molecule has 0 saturated heterocycles. The second kappa shape index (κ2) is 7.31. The minimum absolute atomic E-state index is 0.321. The van der Waals surface area contributed by atoms with Crippen molar-refractivity contribution >= 4 is 10.2 Å². The first kappa shape index (κ1) is 16.8. The summed E-state index contributed by atoms with van der Waals surface area (Å²) in [5.41, 5.74) is 5.05. The lowest BCUT2D eigenvalue weighted by atomic mass is 10.0. The topological polar surface area (TPSA) is 84.2 Å². The standard InChI is InChI=1S/C11H27N3O2S/c1-5-6-10(7-8-12)9-13-17(15,16)14-11(2,3)4/h10,13-14H,5-9,12H2,1-4H3. The second-order valence-corrected chi connectivity index (χ2v) is 6.94. The molecule has 104 valence electrons. The lowest BCUT2D eigenvalue weighted by Gasteiger charge is -2.22. The minimum Gasteiger partial charge on any atom is -0.330 e. The third-order valence-electron chi connectivity index (χ3n) is 2.27. The highest BCUT2D eigenvalue weighted by molar-refractivity contribution is 7.87. The van der Waals surface area contributed by atoms with E-state index in [4.69, 9.17) is 5.73 Å². The van der Waals surface area contributed by atoms with Crippen molar-refractivity contribution in [2.45, 2.75) is 52.5 Å². The Morgan fingerprint density at radius 1 is 1.24 bits per heavy atom. The van der Waals surface area contributed by atoms with Crippen molar-refractivity contribution in [1.29, 1.82) is 0 Å². The van der Waals surface area contributed by atoms with Crippen LogP contribution in [0.3, 0.4) is 0 Å². The van der Waals surface area contributed by atoms with E-state index >= 15 is 0 Å². The van der Waals surface area contributed by atoms with E-state index in [-0.39, 0.29) is 0 Å². The fourth-order valence-corrected chi connectivity index (χ4v) is 2.99. The van der Waals surface area contributed by atoms with Gasteiger partial charge in [0.25, 0.3) is 10.2 Å². The van der Waals surface area contributed by atoms with E-state index in [1.807, 2.05) is 20.8 Å². The largest absolute Gasteiger partial charge is 0.330 e. The zero-order valence-corrected chi connectivity index (χ0v) is 12.2. The van der Waals surface area contributed by atoms with Gasteiger partial charge >= 0.3 is 0 Å². The van der Waals surface area contributed by atoms with E-state index in [2.05, 4.69) is 16.4 Å². The summed E-state index contributed by atoms with van der Waals surface area (Å²) in [7, 11) is -3.41. The van der Waals surface area contributed by atoms with E-state index in [1.165, 1.54) is 0 Å². The Kier molecular flexibility index (Phi) is 7.23. The molecular weight excluding hydrogens is 238 g/mol. The molecular formula is C11H27N3O2S. The number of rotatable bonds is 8. The van der Waals surface area contributed by atoms with Crippen LogP contribution >= 0.6 is 0 Å². The molecule has 0 heterocycles. The maximum atomic E-state index is 11.7. The molecule has 0 amide bonds. The summed E-state index contributed by atoms with van der Waals surface area (Å²) in [6, 6.07) is 0. The molecule has 1 unspecified atom stereocenters. The van der Waals surface area contributed by atoms with Crippen LogP contribution in [0.5, 0.6) is 0 Å². The van der Waals surface area contributed by atoms with Crippen LogP contribution in [0.4, 0.5) is 0 Å². The van der Waals surface area contributed by atoms with Gasteiger partial charge in [-0.1, -0.05) is 13.3 Å². The summed E-state index contributed by atoms with van der Waals surface area (Å²) in [5, 5.41) is 0. The van der Waals surface area contributed by atoms with Crippen LogP contribution in [-0.4, -0.2) is 27.0 Å². The van der Waals surface area contributed by atoms with Gasteiger partial charge in [-0.25, -0.2) is 4.72 Å². The van der Waals surface area contributed by atoms with E-state index in [1.54, 1.807) is 0 Å². The first-order valence-electron chi connectivity index (χ1n) is 6.19. The molecule has 1 atom stereocenters. The summed E-state index contributed by atoms with van der Waals surface area (Å²) in [6.45, 7) is 8.59. The molecule has 6 heteroatoms. The van der Waals surface area contributed by atoms with Crippen molar-refractivity contribution in [3.63, 3.8) is 0 Å². The third kappa shape index (κ3) is 9.52. The third-order valence-corrected chi connectivity index (χ3v) is 3.70. The van der Waals surface area contributed by atoms with Gasteiger partial charge < -0.3 is 5.73 Å². The molecule has 0 radical (unpaired) electrons. The highest BCUT2D eigenvalue weighted by Crippen LogP contribution is 2.09. The number of nitrogens with two attached hydrogens (primary N) is 1. The molecule has 0 aliphatic heterocycles. The molecule has 0 aromatic carbocycles. The molecule has 0 fully saturated rings. The molecule has 0 bridgehead atoms. The Balaban J connectivity index is 4.23. The van der Waals surface area contributed by atoms with Crippen LogP contribution in [0, 0.1) is 5.92 Å². The number of hydrogen-bond acceptors (Lipinski definition) is 3. The second-order valence-electron chi connectivity index (χ2n) is 5.44. The van der Waals surface area contributed by atoms with Gasteiger partial charge in [0, 0.05) is 12.1 Å². The lowest BCUT2D eigenvalue weighted by molar-refractivity contribution is 0.433. The van der Waals surface area contributed by atoms with E-state index in [0.29, 0.717) is 19.0 Å². The van der Waals surface area contributed by atoms with Crippen molar-refractivity contribution in [3.05, 3.63) is 0 Å². The van der Waals surface area contributed by atoms with Crippen LogP contribution in [0.1, 0.15) is 47.0 Å². The maximum Gasteiger partial charge on any atom is 0.277 e. The summed E-state index contributed by atoms with van der Waals surface area (Å²) in [4.78, 5) is 0. The average molecular weight is 265 g/mol. The predicted molar refractivity (Wildman–Crippen MR) is 71.9 cm³/mol. The Labute approximate surface area is 106 Å². The molecule has 0 spiro atoms. The molecule has 0 saturated carbocycles. The fourth-order valence-electron chi connectivity index (χ4n) is 1.66. The highest BCUT2D eigenvalue weighted by atomic mass is 32.2. The fraction of sp³-hybridized carbons (Fsp3) is 1.00. The van der Waals surface area contributed by atoms with Gasteiger partial charge in [-0.3, -0.25) is 0 Å². The Morgan fingerprint density at radius 2 is 1.82 bits per heavy atom. The van der Waals surface area contributed by atoms with Crippen LogP contribution < -0.4 is 15.2 Å². The quantitative estimate of drug-likeness (QED) is 0.611. The molecule has 5 nitrogen and oxygen atoms in total. The molecule has 0 aromatic rings. The van der Waals surface area contributed by atoms with Crippen LogP contribution in [0.2, 0.25) is 0 Å². The van der Waals surface area contributed by atoms with Crippen molar-refractivity contribution in [1.82, 2.24) is 9.44 Å². The first-order valence-corrected chi connectivity index (χ1v) is 7.67. The van der Waals surface area contributed by atoms with Crippen LogP contribution in [0.15, 0.2) is 0 Å². The molecule has 0 aliphatic carbocycles. The van der Waals surface area contributed by atoms with Gasteiger partial charge in [0.2, 0.25) is 0 Å². The monoisotopic (exact) mass is 265 g/mol. The van der Waals surface area contributed by atoms with Crippen molar-refractivity contribution < 1.29 is 8.42 Å². The average Bonchev–Trinajstić information content (AvgIpc) is 2.11. The highest BCUT2D eigenvalue weighted by Gasteiger charge is 2.20. The maximum absolute atomic E-state index is 11.7. The van der Waals surface area contributed by atoms with Crippen LogP contribution in [0.25, 0.3) is 0 Å². The smallest absolute Gasteiger partial charge is 0.277 e. The SMILES string of the molecule is CCCC(CCN)CNS(=O)(=O)NC(C)(C)C. The van der Waals surface area contributed by atoms with E-state index in [9.17, 15) is 8.42 Å². The van der Waals surface area contributed by atoms with Crippen molar-refractivity contribution in [2.75, 3.05) is 13.1 Å². The number of nitrogens with one attached hydrogen (secondary N) is 2. The van der Waals surface area contributed by atoms with Crippen molar-refractivity contribution in [3.8, 4) is 0 Å². The zero-order valence-electron chi connectivity index (χ0n) is 11.4. The zero-order chi connectivity index (χ0) is 13.5. The van der Waals surface area contributed by atoms with E-state index < -0.39 is 15.7 Å². The predicted octanol–water partition coefficient (Wildman–Crippen LogP) is 0.974. The number of hydrogen-bond donors (Lipinski definition) is 3. The normalized spacial score (nSPS) is 14.9.